The molecule has 8 nitrogen and oxygen atoms in total. The fourth-order valence-electron chi connectivity index (χ4n) is 1.58. The summed E-state index contributed by atoms with van der Waals surface area (Å²) in [5, 5.41) is 10.8. The van der Waals surface area contributed by atoms with Gasteiger partial charge in [-0.05, 0) is 13.0 Å². The fraction of sp³-hybridized carbons (Fsp3) is 0.364. The van der Waals surface area contributed by atoms with E-state index < -0.39 is 27.5 Å². The molecule has 110 valence electrons. The van der Waals surface area contributed by atoms with Gasteiger partial charge in [-0.3, -0.25) is 14.9 Å². The Kier molecular flexibility index (Phi) is 4.79. The first-order chi connectivity index (χ1) is 9.21. The van der Waals surface area contributed by atoms with Crippen LogP contribution in [0.4, 0.5) is 5.69 Å². The van der Waals surface area contributed by atoms with Crippen LogP contribution in [0.3, 0.4) is 0 Å². The van der Waals surface area contributed by atoms with E-state index in [0.717, 1.165) is 11.4 Å². The monoisotopic (exact) mass is 302 g/mol. The number of likely N-dealkylation sites (N-methyl/N-ethyl adjacent to an activating group) is 1. The van der Waals surface area contributed by atoms with E-state index in [-0.39, 0.29) is 16.1 Å². The van der Waals surface area contributed by atoms with E-state index in [1.807, 2.05) is 0 Å². The van der Waals surface area contributed by atoms with Crippen molar-refractivity contribution in [2.24, 2.45) is 0 Å². The molecule has 0 saturated heterocycles. The molecule has 0 aliphatic carbocycles. The molecule has 0 bridgehead atoms. The van der Waals surface area contributed by atoms with Crippen LogP contribution in [0.15, 0.2) is 23.1 Å². The summed E-state index contributed by atoms with van der Waals surface area (Å²) >= 11 is 0. The summed E-state index contributed by atoms with van der Waals surface area (Å²) in [5.41, 5.74) is -0.272. The summed E-state index contributed by atoms with van der Waals surface area (Å²) < 4.78 is 29.7. The van der Waals surface area contributed by atoms with Crippen molar-refractivity contribution in [3.8, 4) is 0 Å². The highest BCUT2D eigenvalue weighted by molar-refractivity contribution is 7.89. The van der Waals surface area contributed by atoms with E-state index in [1.165, 1.54) is 32.2 Å². The number of nitro benzene ring substituents is 1. The minimum atomic E-state index is -4.00. The predicted octanol–water partition coefficient (Wildman–Crippen LogP) is 0.697. The van der Waals surface area contributed by atoms with Gasteiger partial charge in [-0.1, -0.05) is 6.07 Å². The number of carbonyl (C=O) groups is 1. The lowest BCUT2D eigenvalue weighted by Crippen LogP contribution is -2.33. The summed E-state index contributed by atoms with van der Waals surface area (Å²) in [4.78, 5) is 21.1. The van der Waals surface area contributed by atoms with E-state index in [9.17, 15) is 23.3 Å². The number of methoxy groups -OCH3 is 1. The van der Waals surface area contributed by atoms with Gasteiger partial charge in [0.1, 0.15) is 6.54 Å². The molecular formula is C11H14N2O6S. The summed E-state index contributed by atoms with van der Waals surface area (Å²) in [6, 6.07) is 3.75. The van der Waals surface area contributed by atoms with E-state index in [0.29, 0.717) is 0 Å². The van der Waals surface area contributed by atoms with Crippen molar-refractivity contribution in [2.75, 3.05) is 20.7 Å². The molecule has 0 fully saturated rings. The van der Waals surface area contributed by atoms with Crippen molar-refractivity contribution in [3.63, 3.8) is 0 Å². The zero-order chi connectivity index (χ0) is 15.5. The Morgan fingerprint density at radius 3 is 2.55 bits per heavy atom. The Bertz CT molecular complexity index is 640. The average Bonchev–Trinajstić information content (AvgIpc) is 2.37. The third-order valence-electron chi connectivity index (χ3n) is 2.72. The molecule has 9 heteroatoms. The summed E-state index contributed by atoms with van der Waals surface area (Å²) in [6.45, 7) is 0.873. The van der Waals surface area contributed by atoms with Crippen molar-refractivity contribution in [1.82, 2.24) is 4.31 Å². The van der Waals surface area contributed by atoms with Crippen LogP contribution in [0.1, 0.15) is 5.56 Å². The third kappa shape index (κ3) is 3.11. The van der Waals surface area contributed by atoms with Gasteiger partial charge in [0.15, 0.2) is 0 Å². The maximum absolute atomic E-state index is 12.3. The minimum absolute atomic E-state index is 0.0224. The van der Waals surface area contributed by atoms with Gasteiger partial charge in [0.25, 0.3) is 5.69 Å². The number of nitro groups is 1. The number of rotatable bonds is 5. The summed E-state index contributed by atoms with van der Waals surface area (Å²) in [7, 11) is -1.66. The van der Waals surface area contributed by atoms with Gasteiger partial charge < -0.3 is 4.74 Å². The Hall–Kier alpha value is -2.00. The molecule has 1 rings (SSSR count). The number of hydrogen-bond donors (Lipinski definition) is 0. The number of benzene rings is 1. The van der Waals surface area contributed by atoms with E-state index in [1.54, 1.807) is 0 Å². The summed E-state index contributed by atoms with van der Waals surface area (Å²) in [6.07, 6.45) is 0. The van der Waals surface area contributed by atoms with Crippen LogP contribution in [-0.4, -0.2) is 44.3 Å². The molecule has 0 atom stereocenters. The van der Waals surface area contributed by atoms with Crippen molar-refractivity contribution in [2.45, 2.75) is 11.8 Å². The molecule has 0 saturated carbocycles. The van der Waals surface area contributed by atoms with Crippen molar-refractivity contribution in [1.29, 1.82) is 0 Å². The second kappa shape index (κ2) is 5.97. The Morgan fingerprint density at radius 2 is 2.05 bits per heavy atom. The molecule has 0 amide bonds. The van der Waals surface area contributed by atoms with Crippen LogP contribution in [0.2, 0.25) is 0 Å². The number of hydrogen-bond acceptors (Lipinski definition) is 6. The Labute approximate surface area is 116 Å². The first kappa shape index (κ1) is 16.1. The van der Waals surface area contributed by atoms with Gasteiger partial charge >= 0.3 is 5.97 Å². The van der Waals surface area contributed by atoms with Crippen LogP contribution >= 0.6 is 0 Å². The van der Waals surface area contributed by atoms with Crippen LogP contribution in [-0.2, 0) is 19.6 Å². The predicted molar refractivity (Wildman–Crippen MR) is 69.7 cm³/mol. The maximum atomic E-state index is 12.3. The van der Waals surface area contributed by atoms with Crippen LogP contribution in [0.5, 0.6) is 0 Å². The van der Waals surface area contributed by atoms with E-state index >= 15 is 0 Å². The fourth-order valence-corrected chi connectivity index (χ4v) is 2.93. The normalized spacial score (nSPS) is 11.4. The molecule has 0 heterocycles. The number of sulfonamides is 1. The smallest absolute Gasteiger partial charge is 0.321 e. The van der Waals surface area contributed by atoms with Crippen molar-refractivity contribution >= 4 is 21.7 Å². The standard InChI is InChI=1S/C11H14N2O6S/c1-8-9(13(15)16)5-4-6-10(8)20(17,18)12(2)7-11(14)19-3/h4-6H,7H2,1-3H3. The molecule has 0 aliphatic heterocycles. The van der Waals surface area contributed by atoms with Gasteiger partial charge in [0.2, 0.25) is 10.0 Å². The van der Waals surface area contributed by atoms with Gasteiger partial charge in [-0.15, -0.1) is 0 Å². The Balaban J connectivity index is 3.26. The lowest BCUT2D eigenvalue weighted by Gasteiger charge is -2.17. The Morgan fingerprint density at radius 1 is 1.45 bits per heavy atom. The molecule has 1 aromatic carbocycles. The molecule has 0 aromatic heterocycles. The molecule has 0 unspecified atom stereocenters. The summed E-state index contributed by atoms with van der Waals surface area (Å²) in [5.74, 6) is -0.723. The molecule has 20 heavy (non-hydrogen) atoms. The third-order valence-corrected chi connectivity index (χ3v) is 4.67. The number of carbonyl (C=O) groups excluding carboxylic acids is 1. The highest BCUT2D eigenvalue weighted by Crippen LogP contribution is 2.26. The maximum Gasteiger partial charge on any atom is 0.321 e. The first-order valence-corrected chi connectivity index (χ1v) is 6.93. The second-order valence-corrected chi connectivity index (χ2v) is 6.01. The average molecular weight is 302 g/mol. The van der Waals surface area contributed by atoms with Crippen LogP contribution in [0, 0.1) is 17.0 Å². The highest BCUT2D eigenvalue weighted by atomic mass is 32.2. The van der Waals surface area contributed by atoms with Gasteiger partial charge in [-0.25, -0.2) is 8.42 Å². The van der Waals surface area contributed by atoms with E-state index in [2.05, 4.69) is 4.74 Å². The van der Waals surface area contributed by atoms with Crippen molar-refractivity contribution < 1.29 is 22.9 Å². The quantitative estimate of drug-likeness (QED) is 0.450. The van der Waals surface area contributed by atoms with Crippen LogP contribution < -0.4 is 0 Å². The van der Waals surface area contributed by atoms with Crippen molar-refractivity contribution in [3.05, 3.63) is 33.9 Å². The lowest BCUT2D eigenvalue weighted by molar-refractivity contribution is -0.385. The van der Waals surface area contributed by atoms with Gasteiger partial charge in [0, 0.05) is 18.7 Å². The second-order valence-electron chi connectivity index (χ2n) is 3.99. The molecule has 1 aromatic rings. The highest BCUT2D eigenvalue weighted by Gasteiger charge is 2.28. The van der Waals surface area contributed by atoms with Gasteiger partial charge in [-0.2, -0.15) is 4.31 Å². The molecule has 0 N–H and O–H groups in total. The lowest BCUT2D eigenvalue weighted by atomic mass is 10.2. The number of esters is 1. The van der Waals surface area contributed by atoms with Gasteiger partial charge in [0.05, 0.1) is 16.9 Å². The topological polar surface area (TPSA) is 107 Å². The molecule has 0 spiro atoms. The molecular weight excluding hydrogens is 288 g/mol. The zero-order valence-electron chi connectivity index (χ0n) is 11.2. The minimum Gasteiger partial charge on any atom is -0.468 e. The first-order valence-electron chi connectivity index (χ1n) is 5.49. The van der Waals surface area contributed by atoms with Crippen LogP contribution in [0.25, 0.3) is 0 Å². The number of ether oxygens (including phenoxy) is 1. The zero-order valence-corrected chi connectivity index (χ0v) is 12.0. The largest absolute Gasteiger partial charge is 0.468 e. The SMILES string of the molecule is COC(=O)CN(C)S(=O)(=O)c1cccc([N+](=O)[O-])c1C. The molecule has 0 aliphatic rings. The molecule has 0 radical (unpaired) electrons. The van der Waals surface area contributed by atoms with E-state index in [4.69, 9.17) is 0 Å². The number of nitrogens with zero attached hydrogens (tertiary/aromatic N) is 2.